The molecule has 1 aliphatic heterocycles. The average molecular weight is 698 g/mol. The van der Waals surface area contributed by atoms with Gasteiger partial charge in [-0.2, -0.15) is 0 Å². The fraction of sp³-hybridized carbons (Fsp3) is 0. The van der Waals surface area contributed by atoms with Crippen molar-refractivity contribution in [3.63, 3.8) is 0 Å². The third-order valence-corrected chi connectivity index (χ3v) is 11.1. The van der Waals surface area contributed by atoms with Crippen molar-refractivity contribution >= 4 is 55.2 Å². The number of aromatic nitrogens is 3. The molecule has 0 saturated carbocycles. The van der Waals surface area contributed by atoms with Crippen LogP contribution in [0, 0.1) is 0 Å². The number of rotatable bonds is 4. The molecule has 10 aromatic rings. The third kappa shape index (κ3) is 5.22. The summed E-state index contributed by atoms with van der Waals surface area (Å²) in [6.07, 6.45) is 0. The highest BCUT2D eigenvalue weighted by molar-refractivity contribution is 7.99. The van der Waals surface area contributed by atoms with E-state index in [2.05, 4.69) is 133 Å². The second kappa shape index (κ2) is 11.9. The highest BCUT2D eigenvalue weighted by atomic mass is 32.2. The summed E-state index contributed by atoms with van der Waals surface area (Å²) in [5, 5.41) is 6.69. The van der Waals surface area contributed by atoms with Crippen molar-refractivity contribution < 1.29 is 9.15 Å². The van der Waals surface area contributed by atoms with Crippen LogP contribution in [0.25, 0.3) is 88.8 Å². The summed E-state index contributed by atoms with van der Waals surface area (Å²) >= 11 is 1.74. The predicted molar refractivity (Wildman–Crippen MR) is 214 cm³/mol. The largest absolute Gasteiger partial charge is 0.456 e. The summed E-state index contributed by atoms with van der Waals surface area (Å²) in [6, 6.07) is 56.5. The second-order valence-electron chi connectivity index (χ2n) is 13.3. The Morgan fingerprint density at radius 1 is 0.358 bits per heavy atom. The fourth-order valence-corrected chi connectivity index (χ4v) is 8.15. The van der Waals surface area contributed by atoms with Crippen molar-refractivity contribution in [2.75, 3.05) is 0 Å². The number of hydrogen-bond donors (Lipinski definition) is 0. The molecule has 5 nitrogen and oxygen atoms in total. The molecule has 53 heavy (non-hydrogen) atoms. The van der Waals surface area contributed by atoms with Crippen molar-refractivity contribution in [2.45, 2.75) is 9.79 Å². The van der Waals surface area contributed by atoms with Gasteiger partial charge in [-0.1, -0.05) is 115 Å². The molecule has 3 heterocycles. The van der Waals surface area contributed by atoms with Crippen molar-refractivity contribution in [3.05, 3.63) is 164 Å². The van der Waals surface area contributed by atoms with E-state index in [1.165, 1.54) is 10.8 Å². The third-order valence-electron chi connectivity index (χ3n) is 9.95. The van der Waals surface area contributed by atoms with E-state index in [1.807, 2.05) is 30.3 Å². The maximum atomic E-state index is 6.46. The molecule has 0 aliphatic carbocycles. The van der Waals surface area contributed by atoms with E-state index < -0.39 is 0 Å². The first-order chi connectivity index (χ1) is 26.2. The zero-order chi connectivity index (χ0) is 34.9. The Bertz CT molecular complexity index is 3000. The van der Waals surface area contributed by atoms with Gasteiger partial charge in [0.2, 0.25) is 0 Å². The SMILES string of the molecule is c1ccc2c(c1)Oc1cc(-c3ccc4oc5cc(-c6nc(-c7ccc8ccccc8c7)nc(-c7ccc8ccccc8c7)n6)ccc5c4c3)ccc1S2. The van der Waals surface area contributed by atoms with E-state index in [-0.39, 0.29) is 0 Å². The zero-order valence-electron chi connectivity index (χ0n) is 28.2. The first-order valence-electron chi connectivity index (χ1n) is 17.5. The van der Waals surface area contributed by atoms with Gasteiger partial charge in [-0.25, -0.2) is 15.0 Å². The van der Waals surface area contributed by atoms with E-state index in [4.69, 9.17) is 24.1 Å². The number of hydrogen-bond acceptors (Lipinski definition) is 6. The molecule has 0 radical (unpaired) electrons. The Morgan fingerprint density at radius 3 is 1.62 bits per heavy atom. The lowest BCUT2D eigenvalue weighted by Crippen LogP contribution is -2.00. The molecule has 0 fully saturated rings. The quantitative estimate of drug-likeness (QED) is 0.182. The number of para-hydroxylation sites is 1. The van der Waals surface area contributed by atoms with Crippen LogP contribution >= 0.6 is 11.8 Å². The highest BCUT2D eigenvalue weighted by Gasteiger charge is 2.19. The number of ether oxygens (including phenoxy) is 1. The number of nitrogens with zero attached hydrogens (tertiary/aromatic N) is 3. The van der Waals surface area contributed by atoms with Gasteiger partial charge in [-0.3, -0.25) is 0 Å². The van der Waals surface area contributed by atoms with Crippen LogP contribution in [-0.4, -0.2) is 15.0 Å². The van der Waals surface area contributed by atoms with Crippen LogP contribution in [0.2, 0.25) is 0 Å². The maximum Gasteiger partial charge on any atom is 0.164 e. The van der Waals surface area contributed by atoms with Crippen LogP contribution in [0.15, 0.2) is 178 Å². The topological polar surface area (TPSA) is 61.0 Å². The monoisotopic (exact) mass is 697 g/mol. The summed E-state index contributed by atoms with van der Waals surface area (Å²) in [5.41, 5.74) is 6.50. The molecular weight excluding hydrogens is 671 g/mol. The van der Waals surface area contributed by atoms with Crippen LogP contribution in [0.4, 0.5) is 0 Å². The minimum atomic E-state index is 0.586. The van der Waals surface area contributed by atoms with E-state index in [9.17, 15) is 0 Å². The molecule has 0 saturated heterocycles. The van der Waals surface area contributed by atoms with Gasteiger partial charge in [-0.15, -0.1) is 0 Å². The number of benzene rings is 8. The molecule has 0 unspecified atom stereocenters. The van der Waals surface area contributed by atoms with Gasteiger partial charge in [0.25, 0.3) is 0 Å². The lowest BCUT2D eigenvalue weighted by Gasteiger charge is -2.20. The Morgan fingerprint density at radius 2 is 0.906 bits per heavy atom. The summed E-state index contributed by atoms with van der Waals surface area (Å²) in [6.45, 7) is 0. The van der Waals surface area contributed by atoms with Crippen LogP contribution in [-0.2, 0) is 0 Å². The average Bonchev–Trinajstić information content (AvgIpc) is 3.59. The van der Waals surface area contributed by atoms with Crippen molar-refractivity contribution in [1.82, 2.24) is 15.0 Å². The zero-order valence-corrected chi connectivity index (χ0v) is 29.0. The van der Waals surface area contributed by atoms with Gasteiger partial charge >= 0.3 is 0 Å². The van der Waals surface area contributed by atoms with Crippen LogP contribution in [0.1, 0.15) is 0 Å². The lowest BCUT2D eigenvalue weighted by atomic mass is 10.0. The first-order valence-corrected chi connectivity index (χ1v) is 18.3. The van der Waals surface area contributed by atoms with E-state index >= 15 is 0 Å². The highest BCUT2D eigenvalue weighted by Crippen LogP contribution is 2.48. The molecule has 248 valence electrons. The molecule has 6 heteroatoms. The van der Waals surface area contributed by atoms with Gasteiger partial charge in [-0.05, 0) is 93.3 Å². The van der Waals surface area contributed by atoms with Crippen LogP contribution in [0.3, 0.4) is 0 Å². The van der Waals surface area contributed by atoms with Crippen LogP contribution in [0.5, 0.6) is 11.5 Å². The van der Waals surface area contributed by atoms with Gasteiger partial charge in [0.15, 0.2) is 17.5 Å². The molecular formula is C47H27N3O2S. The van der Waals surface area contributed by atoms with E-state index in [1.54, 1.807) is 11.8 Å². The Labute approximate surface area is 308 Å². The van der Waals surface area contributed by atoms with Gasteiger partial charge in [0, 0.05) is 27.5 Å². The Hall–Kier alpha value is -6.76. The summed E-state index contributed by atoms with van der Waals surface area (Å²) in [7, 11) is 0. The van der Waals surface area contributed by atoms with Gasteiger partial charge in [0.05, 0.1) is 9.79 Å². The predicted octanol–water partition coefficient (Wildman–Crippen LogP) is 13.0. The van der Waals surface area contributed by atoms with Crippen molar-refractivity contribution in [2.24, 2.45) is 0 Å². The molecule has 1 aliphatic rings. The molecule has 2 aromatic heterocycles. The van der Waals surface area contributed by atoms with E-state index in [0.29, 0.717) is 17.5 Å². The molecule has 0 N–H and O–H groups in total. The molecule has 0 spiro atoms. The minimum Gasteiger partial charge on any atom is -0.456 e. The fourth-order valence-electron chi connectivity index (χ4n) is 7.22. The van der Waals surface area contributed by atoms with Crippen molar-refractivity contribution in [1.29, 1.82) is 0 Å². The summed E-state index contributed by atoms with van der Waals surface area (Å²) in [5.74, 6) is 3.59. The standard InChI is InChI=1S/C47H27N3O2S/c1-3-9-30-23-34(15-13-28(30)7-1)45-48-46(35-16-14-29-8-2-4-10-31(29)24-35)50-47(49-45)36-17-20-37-38-25-32(18-21-39(38)51-41(37)27-36)33-19-22-44-42(26-33)52-40-11-5-6-12-43(40)53-44/h1-27H. The first kappa shape index (κ1) is 29.9. The number of fused-ring (bicyclic) bond motifs is 7. The van der Waals surface area contributed by atoms with E-state index in [0.717, 1.165) is 81.8 Å². The number of furan rings is 1. The molecule has 0 amide bonds. The Kier molecular flexibility index (Phi) is 6.72. The second-order valence-corrected chi connectivity index (χ2v) is 14.4. The normalized spacial score (nSPS) is 12.2. The molecule has 8 aromatic carbocycles. The van der Waals surface area contributed by atoms with Crippen molar-refractivity contribution in [3.8, 4) is 56.8 Å². The Balaban J connectivity index is 1.00. The van der Waals surface area contributed by atoms with Gasteiger partial charge < -0.3 is 9.15 Å². The summed E-state index contributed by atoms with van der Waals surface area (Å²) < 4.78 is 12.8. The molecule has 0 bridgehead atoms. The maximum absolute atomic E-state index is 6.46. The summed E-state index contributed by atoms with van der Waals surface area (Å²) in [4.78, 5) is 17.4. The molecule has 11 rings (SSSR count). The van der Waals surface area contributed by atoms with Crippen LogP contribution < -0.4 is 4.74 Å². The molecule has 0 atom stereocenters. The smallest absolute Gasteiger partial charge is 0.164 e. The lowest BCUT2D eigenvalue weighted by molar-refractivity contribution is 0.455. The van der Waals surface area contributed by atoms with Gasteiger partial charge in [0.1, 0.15) is 22.7 Å². The minimum absolute atomic E-state index is 0.586.